The van der Waals surface area contributed by atoms with E-state index in [-0.39, 0.29) is 0 Å². The molecule has 1 aromatic heterocycles. The molecule has 1 heterocycles. The van der Waals surface area contributed by atoms with Crippen molar-refractivity contribution in [2.75, 3.05) is 0 Å². The third-order valence-corrected chi connectivity index (χ3v) is 3.43. The number of nitrogens with one attached hydrogen (secondary N) is 1. The second-order valence-corrected chi connectivity index (χ2v) is 4.64. The Morgan fingerprint density at radius 1 is 0.895 bits per heavy atom. The first kappa shape index (κ1) is 11.6. The van der Waals surface area contributed by atoms with Gasteiger partial charge in [0.1, 0.15) is 16.4 Å². The maximum Gasteiger partial charge on any atom is 0.127 e. The highest BCUT2D eigenvalue weighted by molar-refractivity contribution is 7.71. The van der Waals surface area contributed by atoms with E-state index in [0.29, 0.717) is 10.3 Å². The van der Waals surface area contributed by atoms with Crippen LogP contribution in [0.2, 0.25) is 0 Å². The Balaban J connectivity index is 2.50. The number of pyridine rings is 1. The molecule has 3 heteroatoms. The van der Waals surface area contributed by atoms with E-state index < -0.39 is 0 Å². The van der Waals surface area contributed by atoms with E-state index in [1.807, 2.05) is 54.6 Å². The molecule has 0 radical (unpaired) electrons. The standard InChI is InChI=1S/C16H10N2S/c17-10-14-15(11-6-2-1-3-7-11)12-8-4-5-9-13(12)16(19)18-14/h1-9H,(H,18,19). The minimum absolute atomic E-state index is 0.509. The summed E-state index contributed by atoms with van der Waals surface area (Å²) in [7, 11) is 0. The van der Waals surface area contributed by atoms with Crippen molar-refractivity contribution in [2.24, 2.45) is 0 Å². The first-order chi connectivity index (χ1) is 9.31. The molecule has 0 atom stereocenters. The summed E-state index contributed by atoms with van der Waals surface area (Å²) in [6.45, 7) is 0. The number of aromatic amines is 1. The van der Waals surface area contributed by atoms with Gasteiger partial charge in [0.25, 0.3) is 0 Å². The van der Waals surface area contributed by atoms with Crippen LogP contribution in [-0.2, 0) is 0 Å². The lowest BCUT2D eigenvalue weighted by atomic mass is 9.98. The van der Waals surface area contributed by atoms with Gasteiger partial charge in [0.05, 0.1) is 0 Å². The highest BCUT2D eigenvalue weighted by Crippen LogP contribution is 2.31. The van der Waals surface area contributed by atoms with Gasteiger partial charge in [0, 0.05) is 10.9 Å². The Bertz CT molecular complexity index is 842. The normalized spacial score (nSPS) is 10.3. The van der Waals surface area contributed by atoms with Crippen molar-refractivity contribution >= 4 is 23.0 Å². The minimum Gasteiger partial charge on any atom is -0.337 e. The largest absolute Gasteiger partial charge is 0.337 e. The van der Waals surface area contributed by atoms with Crippen molar-refractivity contribution in [3.05, 3.63) is 64.9 Å². The molecular formula is C16H10N2S. The number of aromatic nitrogens is 1. The molecule has 0 amide bonds. The van der Waals surface area contributed by atoms with Crippen LogP contribution in [0.15, 0.2) is 54.6 Å². The van der Waals surface area contributed by atoms with E-state index in [2.05, 4.69) is 11.1 Å². The predicted molar refractivity (Wildman–Crippen MR) is 79.3 cm³/mol. The van der Waals surface area contributed by atoms with Crippen molar-refractivity contribution < 1.29 is 0 Å². The van der Waals surface area contributed by atoms with Gasteiger partial charge in [-0.3, -0.25) is 0 Å². The zero-order chi connectivity index (χ0) is 13.2. The van der Waals surface area contributed by atoms with E-state index in [1.54, 1.807) is 0 Å². The van der Waals surface area contributed by atoms with Crippen molar-refractivity contribution in [3.8, 4) is 17.2 Å². The molecule has 0 saturated carbocycles. The number of hydrogen-bond donors (Lipinski definition) is 1. The lowest BCUT2D eigenvalue weighted by molar-refractivity contribution is 1.27. The molecule has 0 spiro atoms. The fourth-order valence-corrected chi connectivity index (χ4v) is 2.55. The highest BCUT2D eigenvalue weighted by Gasteiger charge is 2.10. The quantitative estimate of drug-likeness (QED) is 0.659. The number of nitriles is 1. The summed E-state index contributed by atoms with van der Waals surface area (Å²) in [4.78, 5) is 3.02. The predicted octanol–water partition coefficient (Wildman–Crippen LogP) is 4.44. The van der Waals surface area contributed by atoms with Gasteiger partial charge in [-0.05, 0) is 10.9 Å². The molecule has 90 valence electrons. The second-order valence-electron chi connectivity index (χ2n) is 4.23. The van der Waals surface area contributed by atoms with Crippen molar-refractivity contribution in [2.45, 2.75) is 0 Å². The Morgan fingerprint density at radius 3 is 2.21 bits per heavy atom. The highest BCUT2D eigenvalue weighted by atomic mass is 32.1. The molecule has 0 fully saturated rings. The Kier molecular flexibility index (Phi) is 2.86. The zero-order valence-corrected chi connectivity index (χ0v) is 10.9. The van der Waals surface area contributed by atoms with Crippen LogP contribution in [0.4, 0.5) is 0 Å². The number of fused-ring (bicyclic) bond motifs is 1. The summed E-state index contributed by atoms with van der Waals surface area (Å²) >= 11 is 5.31. The second kappa shape index (κ2) is 4.68. The topological polar surface area (TPSA) is 39.6 Å². The first-order valence-corrected chi connectivity index (χ1v) is 6.32. The molecule has 19 heavy (non-hydrogen) atoms. The molecule has 3 aromatic rings. The molecule has 0 aliphatic heterocycles. The van der Waals surface area contributed by atoms with Crippen LogP contribution in [0.3, 0.4) is 0 Å². The summed E-state index contributed by atoms with van der Waals surface area (Å²) in [5, 5.41) is 11.3. The fourth-order valence-electron chi connectivity index (χ4n) is 2.27. The summed E-state index contributed by atoms with van der Waals surface area (Å²) in [6, 6.07) is 20.0. The van der Waals surface area contributed by atoms with Crippen LogP contribution in [0.5, 0.6) is 0 Å². The number of H-pyrrole nitrogens is 1. The average molecular weight is 262 g/mol. The number of nitrogens with zero attached hydrogens (tertiary/aromatic N) is 1. The van der Waals surface area contributed by atoms with Crippen molar-refractivity contribution in [3.63, 3.8) is 0 Å². The Morgan fingerprint density at radius 2 is 1.53 bits per heavy atom. The fraction of sp³-hybridized carbons (Fsp3) is 0. The number of hydrogen-bond acceptors (Lipinski definition) is 2. The van der Waals surface area contributed by atoms with Crippen LogP contribution in [0.1, 0.15) is 5.69 Å². The van der Waals surface area contributed by atoms with E-state index >= 15 is 0 Å². The monoisotopic (exact) mass is 262 g/mol. The Hall–Kier alpha value is -2.44. The molecule has 0 saturated heterocycles. The van der Waals surface area contributed by atoms with E-state index in [1.165, 1.54) is 0 Å². The van der Waals surface area contributed by atoms with Gasteiger partial charge in [-0.15, -0.1) is 0 Å². The minimum atomic E-state index is 0.509. The lowest BCUT2D eigenvalue weighted by Crippen LogP contribution is -1.92. The molecule has 0 aliphatic rings. The van der Waals surface area contributed by atoms with Gasteiger partial charge < -0.3 is 4.98 Å². The van der Waals surface area contributed by atoms with Crippen molar-refractivity contribution in [1.82, 2.24) is 4.98 Å². The summed E-state index contributed by atoms with van der Waals surface area (Å²) < 4.78 is 0.604. The summed E-state index contributed by atoms with van der Waals surface area (Å²) in [6.07, 6.45) is 0. The van der Waals surface area contributed by atoms with Gasteiger partial charge in [-0.1, -0.05) is 66.8 Å². The molecule has 0 unspecified atom stereocenters. The molecular weight excluding hydrogens is 252 g/mol. The number of benzene rings is 2. The number of rotatable bonds is 1. The molecule has 3 rings (SSSR count). The van der Waals surface area contributed by atoms with Gasteiger partial charge in [-0.25, -0.2) is 0 Å². The van der Waals surface area contributed by atoms with E-state index in [0.717, 1.165) is 21.9 Å². The van der Waals surface area contributed by atoms with Gasteiger partial charge in [0.15, 0.2) is 0 Å². The maximum atomic E-state index is 9.34. The Labute approximate surface area is 116 Å². The molecule has 1 N–H and O–H groups in total. The summed E-state index contributed by atoms with van der Waals surface area (Å²) in [5.74, 6) is 0. The lowest BCUT2D eigenvalue weighted by Gasteiger charge is -2.09. The van der Waals surface area contributed by atoms with Crippen LogP contribution in [-0.4, -0.2) is 4.98 Å². The molecule has 2 aromatic carbocycles. The van der Waals surface area contributed by atoms with E-state index in [4.69, 9.17) is 12.2 Å². The average Bonchev–Trinajstić information content (AvgIpc) is 2.48. The third kappa shape index (κ3) is 1.92. The molecule has 0 aliphatic carbocycles. The zero-order valence-electron chi connectivity index (χ0n) is 10.1. The molecule has 0 bridgehead atoms. The smallest absolute Gasteiger partial charge is 0.127 e. The molecule has 2 nitrogen and oxygen atoms in total. The van der Waals surface area contributed by atoms with Crippen molar-refractivity contribution in [1.29, 1.82) is 5.26 Å². The maximum absolute atomic E-state index is 9.34. The summed E-state index contributed by atoms with van der Waals surface area (Å²) in [5.41, 5.74) is 2.43. The van der Waals surface area contributed by atoms with E-state index in [9.17, 15) is 5.26 Å². The van der Waals surface area contributed by atoms with Crippen LogP contribution in [0, 0.1) is 16.0 Å². The van der Waals surface area contributed by atoms with Gasteiger partial charge >= 0.3 is 0 Å². The van der Waals surface area contributed by atoms with Gasteiger partial charge in [0.2, 0.25) is 0 Å². The van der Waals surface area contributed by atoms with Crippen LogP contribution >= 0.6 is 12.2 Å². The van der Waals surface area contributed by atoms with Crippen LogP contribution in [0.25, 0.3) is 21.9 Å². The third-order valence-electron chi connectivity index (χ3n) is 3.10. The van der Waals surface area contributed by atoms with Gasteiger partial charge in [-0.2, -0.15) is 5.26 Å². The van der Waals surface area contributed by atoms with Crippen LogP contribution < -0.4 is 0 Å². The SMILES string of the molecule is N#Cc1[nH]c(=S)c2ccccc2c1-c1ccccc1. The first-order valence-electron chi connectivity index (χ1n) is 5.92.